The predicted molar refractivity (Wildman–Crippen MR) is 52.2 cm³/mol. The molecule has 0 saturated carbocycles. The molecule has 0 aromatic carbocycles. The largest absolute Gasteiger partial charge is 0.341 e. The Kier molecular flexibility index (Phi) is 1.92. The Hall–Kier alpha value is -1.56. The van der Waals surface area contributed by atoms with Gasteiger partial charge >= 0.3 is 0 Å². The molecule has 2 rings (SSSR count). The third-order valence-corrected chi connectivity index (χ3v) is 2.99. The molecule has 3 heteroatoms. The monoisotopic (exact) mass is 188 g/mol. The molecule has 0 spiro atoms. The van der Waals surface area contributed by atoms with Gasteiger partial charge in [0, 0.05) is 18.7 Å². The SMILES string of the molecule is Cc1c(C#N)c2n(c1C)CCCC2=O. The lowest BCUT2D eigenvalue weighted by Crippen LogP contribution is -2.17. The zero-order valence-corrected chi connectivity index (χ0v) is 8.42. The minimum absolute atomic E-state index is 0.115. The highest BCUT2D eigenvalue weighted by Crippen LogP contribution is 2.26. The maximum atomic E-state index is 11.7. The van der Waals surface area contributed by atoms with E-state index in [4.69, 9.17) is 5.26 Å². The van der Waals surface area contributed by atoms with Crippen LogP contribution in [0.2, 0.25) is 0 Å². The van der Waals surface area contributed by atoms with E-state index in [1.54, 1.807) is 0 Å². The highest BCUT2D eigenvalue weighted by atomic mass is 16.1. The topological polar surface area (TPSA) is 45.8 Å². The van der Waals surface area contributed by atoms with E-state index in [1.165, 1.54) is 0 Å². The van der Waals surface area contributed by atoms with Gasteiger partial charge in [0.2, 0.25) is 0 Å². The number of hydrogen-bond donors (Lipinski definition) is 0. The van der Waals surface area contributed by atoms with Crippen LogP contribution in [0.3, 0.4) is 0 Å². The molecule has 0 aliphatic carbocycles. The number of nitrogens with zero attached hydrogens (tertiary/aromatic N) is 2. The average Bonchev–Trinajstić information content (AvgIpc) is 2.43. The van der Waals surface area contributed by atoms with Crippen molar-refractivity contribution in [3.8, 4) is 6.07 Å². The third-order valence-electron chi connectivity index (χ3n) is 2.99. The van der Waals surface area contributed by atoms with E-state index in [0.717, 1.165) is 24.2 Å². The lowest BCUT2D eigenvalue weighted by atomic mass is 10.0. The minimum atomic E-state index is 0.115. The molecule has 0 radical (unpaired) electrons. The zero-order chi connectivity index (χ0) is 10.3. The van der Waals surface area contributed by atoms with E-state index in [0.29, 0.717) is 17.7 Å². The van der Waals surface area contributed by atoms with Gasteiger partial charge < -0.3 is 4.57 Å². The molecular formula is C11H12N2O. The van der Waals surface area contributed by atoms with E-state index in [1.807, 2.05) is 18.4 Å². The van der Waals surface area contributed by atoms with Gasteiger partial charge in [0.15, 0.2) is 5.78 Å². The van der Waals surface area contributed by atoms with Crippen LogP contribution in [0.5, 0.6) is 0 Å². The van der Waals surface area contributed by atoms with Crippen molar-refractivity contribution in [3.63, 3.8) is 0 Å². The van der Waals surface area contributed by atoms with Crippen LogP contribution < -0.4 is 0 Å². The number of carbonyl (C=O) groups excluding carboxylic acids is 1. The molecule has 72 valence electrons. The van der Waals surface area contributed by atoms with Crippen molar-refractivity contribution < 1.29 is 4.79 Å². The average molecular weight is 188 g/mol. The molecule has 0 fully saturated rings. The third kappa shape index (κ3) is 1.00. The Labute approximate surface area is 83.0 Å². The van der Waals surface area contributed by atoms with Crippen molar-refractivity contribution in [2.75, 3.05) is 0 Å². The summed E-state index contributed by atoms with van der Waals surface area (Å²) in [5.74, 6) is 0.115. The number of nitriles is 1. The highest BCUT2D eigenvalue weighted by Gasteiger charge is 2.25. The summed E-state index contributed by atoms with van der Waals surface area (Å²) in [5.41, 5.74) is 3.23. The molecule has 0 N–H and O–H groups in total. The number of ketones is 1. The smallest absolute Gasteiger partial charge is 0.180 e. The number of fused-ring (bicyclic) bond motifs is 1. The Balaban J connectivity index is 2.76. The molecule has 3 nitrogen and oxygen atoms in total. The van der Waals surface area contributed by atoms with Gasteiger partial charge in [-0.2, -0.15) is 5.26 Å². The van der Waals surface area contributed by atoms with Gasteiger partial charge in [-0.05, 0) is 25.8 Å². The first-order chi connectivity index (χ1) is 6.66. The fourth-order valence-corrected chi connectivity index (χ4v) is 2.09. The second-order valence-corrected chi connectivity index (χ2v) is 3.72. The molecule has 1 aromatic rings. The Bertz CT molecular complexity index is 449. The van der Waals surface area contributed by atoms with Crippen molar-refractivity contribution in [2.24, 2.45) is 0 Å². The normalized spacial score (nSPS) is 15.1. The summed E-state index contributed by atoms with van der Waals surface area (Å²) < 4.78 is 1.99. The van der Waals surface area contributed by atoms with Gasteiger partial charge in [-0.15, -0.1) is 0 Å². The van der Waals surface area contributed by atoms with Gasteiger partial charge in [0.1, 0.15) is 11.8 Å². The van der Waals surface area contributed by atoms with Crippen LogP contribution in [0.4, 0.5) is 0 Å². The maximum Gasteiger partial charge on any atom is 0.180 e. The Morgan fingerprint density at radius 2 is 2.14 bits per heavy atom. The van der Waals surface area contributed by atoms with Crippen LogP contribution in [-0.2, 0) is 6.54 Å². The van der Waals surface area contributed by atoms with Crippen molar-refractivity contribution in [3.05, 3.63) is 22.5 Å². The summed E-state index contributed by atoms with van der Waals surface area (Å²) in [4.78, 5) is 11.7. The first-order valence-electron chi connectivity index (χ1n) is 4.79. The molecule has 0 unspecified atom stereocenters. The number of Topliss-reactive ketones (excluding diaryl/α,β-unsaturated/α-hetero) is 1. The van der Waals surface area contributed by atoms with Crippen molar-refractivity contribution in [2.45, 2.75) is 33.2 Å². The van der Waals surface area contributed by atoms with Crippen LogP contribution >= 0.6 is 0 Å². The van der Waals surface area contributed by atoms with Crippen LogP contribution in [0.1, 0.15) is 40.2 Å². The summed E-state index contributed by atoms with van der Waals surface area (Å²) in [6, 6.07) is 2.13. The summed E-state index contributed by atoms with van der Waals surface area (Å²) in [6.45, 7) is 4.75. The quantitative estimate of drug-likeness (QED) is 0.624. The van der Waals surface area contributed by atoms with Gasteiger partial charge in [-0.1, -0.05) is 0 Å². The van der Waals surface area contributed by atoms with E-state index in [2.05, 4.69) is 6.07 Å². The highest BCUT2D eigenvalue weighted by molar-refractivity contribution is 5.98. The fourth-order valence-electron chi connectivity index (χ4n) is 2.09. The zero-order valence-electron chi connectivity index (χ0n) is 8.42. The van der Waals surface area contributed by atoms with E-state index >= 15 is 0 Å². The second kappa shape index (κ2) is 2.98. The van der Waals surface area contributed by atoms with Gasteiger partial charge in [0.25, 0.3) is 0 Å². The predicted octanol–water partition coefficient (Wildman–Crippen LogP) is 1.95. The molecule has 1 aromatic heterocycles. The van der Waals surface area contributed by atoms with Crippen LogP contribution in [0.25, 0.3) is 0 Å². The van der Waals surface area contributed by atoms with E-state index in [-0.39, 0.29) is 5.78 Å². The molecule has 1 aliphatic rings. The van der Waals surface area contributed by atoms with E-state index in [9.17, 15) is 4.79 Å². The molecule has 0 bridgehead atoms. The van der Waals surface area contributed by atoms with E-state index < -0.39 is 0 Å². The van der Waals surface area contributed by atoms with Crippen molar-refractivity contribution >= 4 is 5.78 Å². The molecule has 0 amide bonds. The number of rotatable bonds is 0. The summed E-state index contributed by atoms with van der Waals surface area (Å²) in [6.07, 6.45) is 1.48. The first-order valence-corrected chi connectivity index (χ1v) is 4.79. The van der Waals surface area contributed by atoms with Crippen LogP contribution in [0.15, 0.2) is 0 Å². The molecule has 14 heavy (non-hydrogen) atoms. The molecule has 0 saturated heterocycles. The first kappa shape index (κ1) is 9.01. The summed E-state index contributed by atoms with van der Waals surface area (Å²) in [5, 5.41) is 8.99. The van der Waals surface area contributed by atoms with Crippen LogP contribution in [0, 0.1) is 25.2 Å². The van der Waals surface area contributed by atoms with Gasteiger partial charge in [-0.25, -0.2) is 0 Å². The summed E-state index contributed by atoms with van der Waals surface area (Å²) in [7, 11) is 0. The molecule has 0 atom stereocenters. The van der Waals surface area contributed by atoms with Crippen LogP contribution in [-0.4, -0.2) is 10.4 Å². The second-order valence-electron chi connectivity index (χ2n) is 3.72. The standard InChI is InChI=1S/C11H12N2O/c1-7-8(2)13-5-3-4-10(14)11(13)9(7)6-12/h3-5H2,1-2H3. The Morgan fingerprint density at radius 3 is 2.79 bits per heavy atom. The summed E-state index contributed by atoms with van der Waals surface area (Å²) >= 11 is 0. The van der Waals surface area contributed by atoms with Crippen molar-refractivity contribution in [1.82, 2.24) is 4.57 Å². The minimum Gasteiger partial charge on any atom is -0.341 e. The lowest BCUT2D eigenvalue weighted by molar-refractivity contribution is 0.0954. The molecule has 1 aliphatic heterocycles. The van der Waals surface area contributed by atoms with Gasteiger partial charge in [-0.3, -0.25) is 4.79 Å². The number of carbonyl (C=O) groups is 1. The number of hydrogen-bond acceptors (Lipinski definition) is 2. The number of aromatic nitrogens is 1. The maximum absolute atomic E-state index is 11.7. The van der Waals surface area contributed by atoms with Crippen molar-refractivity contribution in [1.29, 1.82) is 5.26 Å². The fraction of sp³-hybridized carbons (Fsp3) is 0.455. The molecule has 2 heterocycles. The van der Waals surface area contributed by atoms with Gasteiger partial charge in [0.05, 0.1) is 5.56 Å². The Morgan fingerprint density at radius 1 is 1.43 bits per heavy atom. The molecular weight excluding hydrogens is 176 g/mol. The lowest BCUT2D eigenvalue weighted by Gasteiger charge is -2.15.